The third kappa shape index (κ3) is 2.69. The van der Waals surface area contributed by atoms with Crippen LogP contribution in [0.3, 0.4) is 0 Å². The molecule has 1 rings (SSSR count). The third-order valence-corrected chi connectivity index (χ3v) is 1.89. The Balaban J connectivity index is 2.94. The van der Waals surface area contributed by atoms with Gasteiger partial charge in [0.15, 0.2) is 0 Å². The lowest BCUT2D eigenvalue weighted by molar-refractivity contribution is 0.449. The average Bonchev–Trinajstić information content (AvgIpc) is 2.10. The summed E-state index contributed by atoms with van der Waals surface area (Å²) < 4.78 is 0. The van der Waals surface area contributed by atoms with E-state index >= 15 is 0 Å². The molecule has 0 aliphatic carbocycles. The van der Waals surface area contributed by atoms with E-state index in [1.54, 1.807) is 12.2 Å². The van der Waals surface area contributed by atoms with Crippen molar-refractivity contribution in [1.82, 2.24) is 9.97 Å². The number of nitrogens with zero attached hydrogens (tertiary/aromatic N) is 1. The molecule has 0 fully saturated rings. The van der Waals surface area contributed by atoms with Gasteiger partial charge in [-0.2, -0.15) is 0 Å². The summed E-state index contributed by atoms with van der Waals surface area (Å²) in [5, 5.41) is 10.0. The molecule has 5 heteroatoms. The van der Waals surface area contributed by atoms with Gasteiger partial charge in [-0.15, -0.1) is 0 Å². The molecule has 0 atom stereocenters. The number of aromatic hydroxyl groups is 1. The highest BCUT2D eigenvalue weighted by Gasteiger charge is 2.01. The zero-order chi connectivity index (χ0) is 9.68. The first-order chi connectivity index (χ1) is 6.25. The van der Waals surface area contributed by atoms with Crippen molar-refractivity contribution in [2.75, 3.05) is 5.33 Å². The molecular weight excluding hydrogens is 236 g/mol. The Kier molecular flexibility index (Phi) is 3.70. The fraction of sp³-hybridized carbons (Fsp3) is 0.250. The van der Waals surface area contributed by atoms with Crippen LogP contribution in [-0.4, -0.2) is 20.4 Å². The first-order valence-electron chi connectivity index (χ1n) is 3.75. The number of alkyl halides is 1. The Morgan fingerprint density at radius 2 is 2.46 bits per heavy atom. The summed E-state index contributed by atoms with van der Waals surface area (Å²) in [7, 11) is 0. The van der Waals surface area contributed by atoms with E-state index in [1.165, 1.54) is 6.33 Å². The molecule has 0 saturated heterocycles. The normalized spacial score (nSPS) is 10.8. The van der Waals surface area contributed by atoms with Crippen LogP contribution < -0.4 is 5.56 Å². The Hall–Kier alpha value is -1.10. The number of aromatic amines is 1. The maximum Gasteiger partial charge on any atom is 0.261 e. The highest BCUT2D eigenvalue weighted by atomic mass is 79.9. The minimum absolute atomic E-state index is 0.198. The van der Waals surface area contributed by atoms with Crippen LogP contribution in [0.5, 0.6) is 5.88 Å². The average molecular weight is 245 g/mol. The van der Waals surface area contributed by atoms with E-state index in [0.29, 0.717) is 0 Å². The number of rotatable bonds is 3. The number of hydrogen-bond acceptors (Lipinski definition) is 3. The molecule has 1 heterocycles. The summed E-state index contributed by atoms with van der Waals surface area (Å²) in [5.41, 5.74) is -0.137. The van der Waals surface area contributed by atoms with E-state index in [4.69, 9.17) is 0 Å². The van der Waals surface area contributed by atoms with Crippen molar-refractivity contribution in [3.63, 3.8) is 0 Å². The quantitative estimate of drug-likeness (QED) is 0.788. The second-order valence-corrected chi connectivity index (χ2v) is 3.14. The van der Waals surface area contributed by atoms with Crippen molar-refractivity contribution in [2.45, 2.75) is 6.42 Å². The van der Waals surface area contributed by atoms with Crippen molar-refractivity contribution in [3.05, 3.63) is 28.3 Å². The fourth-order valence-corrected chi connectivity index (χ4v) is 1.08. The van der Waals surface area contributed by atoms with Gasteiger partial charge in [0.2, 0.25) is 5.88 Å². The third-order valence-electron chi connectivity index (χ3n) is 1.43. The summed E-state index contributed by atoms with van der Waals surface area (Å²) in [6, 6.07) is 0. The predicted molar refractivity (Wildman–Crippen MR) is 54.0 cm³/mol. The second kappa shape index (κ2) is 4.81. The van der Waals surface area contributed by atoms with Crippen molar-refractivity contribution < 1.29 is 5.11 Å². The highest BCUT2D eigenvalue weighted by Crippen LogP contribution is 2.08. The van der Waals surface area contributed by atoms with Crippen LogP contribution in [0.2, 0.25) is 0 Å². The van der Waals surface area contributed by atoms with Gasteiger partial charge in [0.1, 0.15) is 5.56 Å². The molecule has 0 amide bonds. The minimum atomic E-state index is -0.335. The maximum atomic E-state index is 11.1. The van der Waals surface area contributed by atoms with Gasteiger partial charge in [0.25, 0.3) is 5.56 Å². The molecule has 1 aromatic heterocycles. The smallest absolute Gasteiger partial charge is 0.261 e. The van der Waals surface area contributed by atoms with E-state index < -0.39 is 0 Å². The van der Waals surface area contributed by atoms with Crippen molar-refractivity contribution in [1.29, 1.82) is 0 Å². The lowest BCUT2D eigenvalue weighted by atomic mass is 10.2. The van der Waals surface area contributed by atoms with E-state index in [1.807, 2.05) is 0 Å². The molecule has 1 aromatic rings. The summed E-state index contributed by atoms with van der Waals surface area (Å²) in [5.74, 6) is -0.241. The molecule has 0 bridgehead atoms. The van der Waals surface area contributed by atoms with Crippen LogP contribution in [0.15, 0.2) is 17.2 Å². The van der Waals surface area contributed by atoms with Crippen LogP contribution in [0.4, 0.5) is 0 Å². The van der Waals surface area contributed by atoms with Gasteiger partial charge < -0.3 is 10.1 Å². The molecule has 70 valence electrons. The molecule has 0 aliphatic rings. The Bertz CT molecular complexity index is 359. The molecule has 4 nitrogen and oxygen atoms in total. The lowest BCUT2D eigenvalue weighted by Gasteiger charge is -1.94. The Morgan fingerprint density at radius 1 is 1.69 bits per heavy atom. The number of nitrogens with one attached hydrogen (secondary N) is 1. The van der Waals surface area contributed by atoms with Crippen molar-refractivity contribution in [2.24, 2.45) is 0 Å². The Labute approximate surface area is 83.5 Å². The van der Waals surface area contributed by atoms with Crippen LogP contribution in [0, 0.1) is 0 Å². The standard InChI is InChI=1S/C8H9BrN2O2/c9-4-2-1-3-6-7(12)10-5-11-8(6)13/h1,3,5H,2,4H2,(H2,10,11,12,13). The number of halogens is 1. The number of hydrogen-bond donors (Lipinski definition) is 2. The van der Waals surface area contributed by atoms with Gasteiger partial charge in [-0.05, 0) is 12.5 Å². The SMILES string of the molecule is O=c1[nH]cnc(O)c1C=CCCBr. The molecular formula is C8H9BrN2O2. The molecule has 13 heavy (non-hydrogen) atoms. The summed E-state index contributed by atoms with van der Waals surface area (Å²) in [4.78, 5) is 17.0. The summed E-state index contributed by atoms with van der Waals surface area (Å²) >= 11 is 3.24. The minimum Gasteiger partial charge on any atom is -0.493 e. The molecule has 0 unspecified atom stereocenters. The number of aromatic nitrogens is 2. The molecule has 0 aromatic carbocycles. The van der Waals surface area contributed by atoms with Crippen LogP contribution in [0.25, 0.3) is 6.08 Å². The van der Waals surface area contributed by atoms with Gasteiger partial charge in [0.05, 0.1) is 6.33 Å². The first kappa shape index (κ1) is 9.98. The van der Waals surface area contributed by atoms with Gasteiger partial charge >= 0.3 is 0 Å². The van der Waals surface area contributed by atoms with Crippen LogP contribution in [-0.2, 0) is 0 Å². The lowest BCUT2D eigenvalue weighted by Crippen LogP contribution is -2.09. The molecule has 0 saturated carbocycles. The van der Waals surface area contributed by atoms with Gasteiger partial charge in [-0.1, -0.05) is 22.0 Å². The largest absolute Gasteiger partial charge is 0.493 e. The van der Waals surface area contributed by atoms with Crippen LogP contribution >= 0.6 is 15.9 Å². The van der Waals surface area contributed by atoms with Gasteiger partial charge in [-0.3, -0.25) is 4.79 Å². The van der Waals surface area contributed by atoms with Gasteiger partial charge in [-0.25, -0.2) is 4.98 Å². The van der Waals surface area contributed by atoms with E-state index in [0.717, 1.165) is 11.8 Å². The second-order valence-electron chi connectivity index (χ2n) is 2.35. The zero-order valence-electron chi connectivity index (χ0n) is 6.83. The predicted octanol–water partition coefficient (Wildman–Crippen LogP) is 1.27. The van der Waals surface area contributed by atoms with E-state index in [9.17, 15) is 9.90 Å². The van der Waals surface area contributed by atoms with Crippen LogP contribution in [0.1, 0.15) is 12.0 Å². The van der Waals surface area contributed by atoms with Gasteiger partial charge in [0, 0.05) is 5.33 Å². The monoisotopic (exact) mass is 244 g/mol. The number of allylic oxidation sites excluding steroid dienone is 1. The Morgan fingerprint density at radius 3 is 3.08 bits per heavy atom. The molecule has 0 spiro atoms. The molecule has 2 N–H and O–H groups in total. The maximum absolute atomic E-state index is 11.1. The van der Waals surface area contributed by atoms with E-state index in [2.05, 4.69) is 25.9 Å². The fourth-order valence-electron chi connectivity index (χ4n) is 0.815. The first-order valence-corrected chi connectivity index (χ1v) is 4.87. The summed E-state index contributed by atoms with van der Waals surface area (Å²) in [6.07, 6.45) is 5.32. The highest BCUT2D eigenvalue weighted by molar-refractivity contribution is 9.09. The molecule has 0 radical (unpaired) electrons. The van der Waals surface area contributed by atoms with Crippen molar-refractivity contribution in [3.8, 4) is 5.88 Å². The number of H-pyrrole nitrogens is 1. The van der Waals surface area contributed by atoms with E-state index in [-0.39, 0.29) is 17.0 Å². The summed E-state index contributed by atoms with van der Waals surface area (Å²) in [6.45, 7) is 0. The molecule has 0 aliphatic heterocycles. The topological polar surface area (TPSA) is 66.0 Å². The van der Waals surface area contributed by atoms with Crippen molar-refractivity contribution >= 4 is 22.0 Å². The zero-order valence-corrected chi connectivity index (χ0v) is 8.41.